The van der Waals surface area contributed by atoms with Crippen molar-refractivity contribution in [1.29, 1.82) is 0 Å². The molecule has 0 saturated heterocycles. The summed E-state index contributed by atoms with van der Waals surface area (Å²) in [5, 5.41) is 14.7. The Morgan fingerprint density at radius 2 is 1.88 bits per heavy atom. The van der Waals surface area contributed by atoms with E-state index in [0.29, 0.717) is 34.6 Å². The first-order valence-electron chi connectivity index (χ1n) is 13.6. The first kappa shape index (κ1) is 26.4. The highest BCUT2D eigenvalue weighted by Gasteiger charge is 2.44. The van der Waals surface area contributed by atoms with E-state index >= 15 is 8.78 Å². The van der Waals surface area contributed by atoms with Crippen molar-refractivity contribution < 1.29 is 23.5 Å². The highest BCUT2D eigenvalue weighted by Crippen LogP contribution is 2.48. The van der Waals surface area contributed by atoms with Crippen molar-refractivity contribution >= 4 is 28.9 Å². The standard InChI is InChI=1S/C31H25F2N5O3S/c1-15-18-5-3-4-6-19(18)24(33)14-37(15)30(39)26-11-27(28-13-34-16(2)42-28)38-29(35-26)12-25(36-38)20-8-7-17(9-23(20)32)21-10-22(21)31(40)41/h3-9,11-13,15,21-22,24H,10,14H2,1-2H3,(H,40,41)/t15-,21-,22+,24+/m1/s1. The van der Waals surface area contributed by atoms with Crippen LogP contribution in [0.3, 0.4) is 0 Å². The van der Waals surface area contributed by atoms with Crippen molar-refractivity contribution in [2.24, 2.45) is 5.92 Å². The average molecular weight is 586 g/mol. The molecule has 2 aromatic carbocycles. The van der Waals surface area contributed by atoms with Gasteiger partial charge in [0.05, 0.1) is 39.8 Å². The molecule has 1 N–H and O–H groups in total. The summed E-state index contributed by atoms with van der Waals surface area (Å²) in [5.41, 5.74) is 3.55. The minimum atomic E-state index is -1.32. The predicted molar refractivity (Wildman–Crippen MR) is 152 cm³/mol. The normalized spacial score (nSPS) is 21.4. The number of aryl methyl sites for hydroxylation is 1. The van der Waals surface area contributed by atoms with Gasteiger partial charge < -0.3 is 10.0 Å². The second-order valence-corrected chi connectivity index (χ2v) is 12.1. The van der Waals surface area contributed by atoms with Crippen molar-refractivity contribution in [3.05, 3.63) is 94.0 Å². The van der Waals surface area contributed by atoms with Crippen LogP contribution in [0.4, 0.5) is 8.78 Å². The Kier molecular flexibility index (Phi) is 6.16. The van der Waals surface area contributed by atoms with E-state index in [1.54, 1.807) is 47.1 Å². The third-order valence-corrected chi connectivity index (χ3v) is 9.13. The predicted octanol–water partition coefficient (Wildman–Crippen LogP) is 6.38. The average Bonchev–Trinajstić information content (AvgIpc) is 3.50. The van der Waals surface area contributed by atoms with Gasteiger partial charge >= 0.3 is 5.97 Å². The molecule has 1 fully saturated rings. The Balaban J connectivity index is 1.29. The van der Waals surface area contributed by atoms with Crippen LogP contribution in [0.15, 0.2) is 60.8 Å². The van der Waals surface area contributed by atoms with Gasteiger partial charge in [-0.2, -0.15) is 5.10 Å². The second kappa shape index (κ2) is 9.80. The topological polar surface area (TPSA) is 101 Å². The maximum absolute atomic E-state index is 15.3. The number of amides is 1. The van der Waals surface area contributed by atoms with Gasteiger partial charge in [-0.25, -0.2) is 23.3 Å². The molecule has 11 heteroatoms. The van der Waals surface area contributed by atoms with Gasteiger partial charge in [-0.05, 0) is 61.1 Å². The number of aliphatic carboxylic acids is 1. The number of alkyl halides is 1. The van der Waals surface area contributed by atoms with Gasteiger partial charge in [0.25, 0.3) is 5.91 Å². The number of hydrogen-bond donors (Lipinski definition) is 1. The van der Waals surface area contributed by atoms with Gasteiger partial charge in [0.1, 0.15) is 17.7 Å². The summed E-state index contributed by atoms with van der Waals surface area (Å²) < 4.78 is 32.0. The number of hydrogen-bond acceptors (Lipinski definition) is 6. The van der Waals surface area contributed by atoms with Crippen LogP contribution in [-0.2, 0) is 4.79 Å². The number of nitrogens with zero attached hydrogens (tertiary/aromatic N) is 5. The minimum Gasteiger partial charge on any atom is -0.481 e. The fourth-order valence-electron chi connectivity index (χ4n) is 5.86. The maximum Gasteiger partial charge on any atom is 0.307 e. The number of carbonyl (C=O) groups excluding carboxylic acids is 1. The monoisotopic (exact) mass is 585 g/mol. The van der Waals surface area contributed by atoms with Gasteiger partial charge in [-0.1, -0.05) is 30.3 Å². The summed E-state index contributed by atoms with van der Waals surface area (Å²) in [4.78, 5) is 36.3. The number of carboxylic acid groups (broad SMARTS) is 1. The Labute approximate surface area is 243 Å². The molecule has 0 unspecified atom stereocenters. The summed E-state index contributed by atoms with van der Waals surface area (Å²) in [7, 11) is 0. The van der Waals surface area contributed by atoms with Gasteiger partial charge in [0.15, 0.2) is 5.65 Å². The van der Waals surface area contributed by atoms with E-state index in [-0.39, 0.29) is 29.8 Å². The molecular formula is C31H25F2N5O3S. The molecule has 1 aliphatic heterocycles. The van der Waals surface area contributed by atoms with Gasteiger partial charge in [-0.15, -0.1) is 11.3 Å². The molecule has 1 saturated carbocycles. The number of carbonyl (C=O) groups is 2. The van der Waals surface area contributed by atoms with Crippen LogP contribution in [0.2, 0.25) is 0 Å². The first-order valence-corrected chi connectivity index (χ1v) is 14.4. The van der Waals surface area contributed by atoms with Gasteiger partial charge in [0.2, 0.25) is 0 Å². The van der Waals surface area contributed by atoms with Crippen LogP contribution in [0.5, 0.6) is 0 Å². The van der Waals surface area contributed by atoms with E-state index in [2.05, 4.69) is 15.1 Å². The van der Waals surface area contributed by atoms with Gasteiger partial charge in [-0.3, -0.25) is 9.59 Å². The zero-order valence-corrected chi connectivity index (χ0v) is 23.5. The molecule has 5 aromatic rings. The molecule has 4 atom stereocenters. The van der Waals surface area contributed by atoms with Crippen LogP contribution in [0.1, 0.15) is 63.7 Å². The Bertz CT molecular complexity index is 1900. The van der Waals surface area contributed by atoms with E-state index in [9.17, 15) is 14.7 Å². The van der Waals surface area contributed by atoms with Crippen molar-refractivity contribution in [3.8, 4) is 21.8 Å². The molecule has 212 valence electrons. The molecule has 0 spiro atoms. The highest BCUT2D eigenvalue weighted by atomic mass is 32.1. The van der Waals surface area contributed by atoms with E-state index in [1.807, 2.05) is 26.0 Å². The van der Waals surface area contributed by atoms with E-state index in [4.69, 9.17) is 0 Å². The molecule has 0 radical (unpaired) electrons. The van der Waals surface area contributed by atoms with Crippen molar-refractivity contribution in [2.45, 2.75) is 38.4 Å². The molecule has 2 aliphatic rings. The quantitative estimate of drug-likeness (QED) is 0.257. The number of benzene rings is 2. The molecule has 4 heterocycles. The lowest BCUT2D eigenvalue weighted by Crippen LogP contribution is -2.40. The lowest BCUT2D eigenvalue weighted by molar-refractivity contribution is -0.138. The van der Waals surface area contributed by atoms with Crippen molar-refractivity contribution in [1.82, 2.24) is 24.5 Å². The van der Waals surface area contributed by atoms with Crippen molar-refractivity contribution in [3.63, 3.8) is 0 Å². The zero-order chi connectivity index (χ0) is 29.3. The van der Waals surface area contributed by atoms with E-state index in [0.717, 1.165) is 15.4 Å². The Morgan fingerprint density at radius 1 is 1.10 bits per heavy atom. The molecular weight excluding hydrogens is 560 g/mol. The SMILES string of the molecule is Cc1ncc(-c2cc(C(=O)N3C[C@H](F)c4ccccc4[C@H]3C)nc3cc(-c4ccc([C@H]5C[C@@H]5C(=O)O)cc4F)nn23)s1. The number of carboxylic acids is 1. The number of halogens is 2. The van der Waals surface area contributed by atoms with Crippen LogP contribution in [-0.4, -0.2) is 48.0 Å². The lowest BCUT2D eigenvalue weighted by atomic mass is 9.92. The molecule has 42 heavy (non-hydrogen) atoms. The number of aromatic nitrogens is 4. The maximum atomic E-state index is 15.3. The van der Waals surface area contributed by atoms with E-state index < -0.39 is 29.8 Å². The van der Waals surface area contributed by atoms with Gasteiger partial charge in [0, 0.05) is 17.8 Å². The second-order valence-electron chi connectivity index (χ2n) is 10.8. The van der Waals surface area contributed by atoms with Crippen LogP contribution >= 0.6 is 11.3 Å². The summed E-state index contributed by atoms with van der Waals surface area (Å²) in [6, 6.07) is 14.8. The molecule has 3 aromatic heterocycles. The number of thiazole rings is 1. The number of rotatable bonds is 5. The fraction of sp³-hybridized carbons (Fsp3) is 0.258. The third-order valence-electron chi connectivity index (χ3n) is 8.19. The summed E-state index contributed by atoms with van der Waals surface area (Å²) in [5.74, 6) is -2.50. The molecule has 0 bridgehead atoms. The summed E-state index contributed by atoms with van der Waals surface area (Å²) >= 11 is 1.42. The first-order chi connectivity index (χ1) is 20.2. The smallest absolute Gasteiger partial charge is 0.307 e. The van der Waals surface area contributed by atoms with Crippen molar-refractivity contribution in [2.75, 3.05) is 6.54 Å². The van der Waals surface area contributed by atoms with Crippen LogP contribution < -0.4 is 0 Å². The summed E-state index contributed by atoms with van der Waals surface area (Å²) in [6.07, 6.45) is 0.860. The molecule has 8 nitrogen and oxygen atoms in total. The van der Waals surface area contributed by atoms with Crippen LogP contribution in [0, 0.1) is 18.7 Å². The fourth-order valence-corrected chi connectivity index (χ4v) is 6.64. The molecule has 1 aliphatic carbocycles. The largest absolute Gasteiger partial charge is 0.481 e. The van der Waals surface area contributed by atoms with Crippen LogP contribution in [0.25, 0.3) is 27.5 Å². The zero-order valence-electron chi connectivity index (χ0n) is 22.7. The minimum absolute atomic E-state index is 0.0926. The molecule has 1 amide bonds. The Morgan fingerprint density at radius 3 is 2.57 bits per heavy atom. The number of fused-ring (bicyclic) bond motifs is 2. The highest BCUT2D eigenvalue weighted by molar-refractivity contribution is 7.15. The lowest BCUT2D eigenvalue weighted by Gasteiger charge is -2.36. The Hall–Kier alpha value is -4.51. The third kappa shape index (κ3) is 4.35. The molecule has 7 rings (SSSR count). The summed E-state index contributed by atoms with van der Waals surface area (Å²) in [6.45, 7) is 3.65. The van der Waals surface area contributed by atoms with E-state index in [1.165, 1.54) is 22.3 Å².